The lowest BCUT2D eigenvalue weighted by molar-refractivity contribution is 0.0487. The molecule has 0 spiro atoms. The summed E-state index contributed by atoms with van der Waals surface area (Å²) in [4.78, 5) is 12.9. The van der Waals surface area contributed by atoms with Crippen molar-refractivity contribution in [3.8, 4) is 17.2 Å². The van der Waals surface area contributed by atoms with Crippen LogP contribution >= 0.6 is 0 Å². The van der Waals surface area contributed by atoms with Crippen LogP contribution in [0.5, 0.6) is 17.2 Å². The maximum absolute atomic E-state index is 12.9. The molecule has 0 saturated carbocycles. The van der Waals surface area contributed by atoms with Gasteiger partial charge in [-0.25, -0.2) is 0 Å². The molecule has 1 aliphatic heterocycles. The number of ether oxygens (including phenoxy) is 4. The van der Waals surface area contributed by atoms with E-state index in [-0.39, 0.29) is 11.3 Å². The lowest BCUT2D eigenvalue weighted by Crippen LogP contribution is -2.44. The van der Waals surface area contributed by atoms with Gasteiger partial charge in [-0.05, 0) is 30.5 Å². The Kier molecular flexibility index (Phi) is 6.41. The Balaban J connectivity index is 1.82. The SMILES string of the molecule is COc1cc(C(=O)NCC2(c3ccccc3)CCOCC2)cc(OC)c1OC. The highest BCUT2D eigenvalue weighted by Gasteiger charge is 2.35. The number of hydrogen-bond acceptors (Lipinski definition) is 5. The molecule has 2 aromatic carbocycles. The van der Waals surface area contributed by atoms with Crippen molar-refractivity contribution >= 4 is 5.91 Å². The molecule has 1 heterocycles. The van der Waals surface area contributed by atoms with Crippen LogP contribution in [0.1, 0.15) is 28.8 Å². The second kappa shape index (κ2) is 8.97. The molecule has 1 fully saturated rings. The summed E-state index contributed by atoms with van der Waals surface area (Å²) in [6.45, 7) is 1.92. The largest absolute Gasteiger partial charge is 0.493 e. The van der Waals surface area contributed by atoms with E-state index in [2.05, 4.69) is 17.4 Å². The highest BCUT2D eigenvalue weighted by atomic mass is 16.5. The number of nitrogens with one attached hydrogen (secondary N) is 1. The third-order valence-electron chi connectivity index (χ3n) is 5.35. The first-order chi connectivity index (χ1) is 13.6. The maximum Gasteiger partial charge on any atom is 0.251 e. The van der Waals surface area contributed by atoms with Crippen LogP contribution in [0.4, 0.5) is 0 Å². The molecule has 3 rings (SSSR count). The van der Waals surface area contributed by atoms with E-state index in [1.165, 1.54) is 26.9 Å². The molecular weight excluding hydrogens is 358 g/mol. The van der Waals surface area contributed by atoms with Gasteiger partial charge in [-0.3, -0.25) is 4.79 Å². The van der Waals surface area contributed by atoms with Crippen LogP contribution in [0.3, 0.4) is 0 Å². The Morgan fingerprint density at radius 2 is 1.61 bits per heavy atom. The summed E-state index contributed by atoms with van der Waals surface area (Å²) < 4.78 is 21.6. The van der Waals surface area contributed by atoms with Crippen molar-refractivity contribution in [1.29, 1.82) is 0 Å². The molecule has 1 aliphatic rings. The summed E-state index contributed by atoms with van der Waals surface area (Å²) in [5.74, 6) is 1.19. The monoisotopic (exact) mass is 385 g/mol. The van der Waals surface area contributed by atoms with Gasteiger partial charge >= 0.3 is 0 Å². The Labute approximate surface area is 165 Å². The van der Waals surface area contributed by atoms with Gasteiger partial charge in [-0.2, -0.15) is 0 Å². The molecule has 150 valence electrons. The molecule has 0 aromatic heterocycles. The van der Waals surface area contributed by atoms with Crippen LogP contribution in [-0.2, 0) is 10.2 Å². The van der Waals surface area contributed by atoms with Gasteiger partial charge in [-0.15, -0.1) is 0 Å². The number of carbonyl (C=O) groups is 1. The first kappa shape index (κ1) is 20.0. The van der Waals surface area contributed by atoms with E-state index in [4.69, 9.17) is 18.9 Å². The van der Waals surface area contributed by atoms with Gasteiger partial charge in [-0.1, -0.05) is 30.3 Å². The van der Waals surface area contributed by atoms with Crippen molar-refractivity contribution in [3.63, 3.8) is 0 Å². The maximum atomic E-state index is 12.9. The fraction of sp³-hybridized carbons (Fsp3) is 0.409. The smallest absolute Gasteiger partial charge is 0.251 e. The van der Waals surface area contributed by atoms with Gasteiger partial charge in [0.15, 0.2) is 11.5 Å². The van der Waals surface area contributed by atoms with E-state index >= 15 is 0 Å². The summed E-state index contributed by atoms with van der Waals surface area (Å²) in [5, 5.41) is 3.10. The molecule has 0 aliphatic carbocycles. The second-order valence-corrected chi connectivity index (χ2v) is 6.86. The predicted molar refractivity (Wildman–Crippen MR) is 107 cm³/mol. The predicted octanol–water partition coefficient (Wildman–Crippen LogP) is 3.19. The van der Waals surface area contributed by atoms with E-state index in [9.17, 15) is 4.79 Å². The molecule has 0 bridgehead atoms. The van der Waals surface area contributed by atoms with Crippen molar-refractivity contribution in [3.05, 3.63) is 53.6 Å². The van der Waals surface area contributed by atoms with Crippen LogP contribution in [0.15, 0.2) is 42.5 Å². The lowest BCUT2D eigenvalue weighted by Gasteiger charge is -2.38. The fourth-order valence-electron chi connectivity index (χ4n) is 3.69. The normalized spacial score (nSPS) is 15.5. The standard InChI is InChI=1S/C22H27NO5/c1-25-18-13-16(14-19(26-2)20(18)27-3)21(24)23-15-22(9-11-28-12-10-22)17-7-5-4-6-8-17/h4-8,13-14H,9-12,15H2,1-3H3,(H,23,24). The van der Waals surface area contributed by atoms with Gasteiger partial charge in [0.1, 0.15) is 0 Å². The average Bonchev–Trinajstić information content (AvgIpc) is 2.77. The zero-order valence-corrected chi connectivity index (χ0v) is 16.6. The van der Waals surface area contributed by atoms with Gasteiger partial charge in [0.25, 0.3) is 5.91 Å². The van der Waals surface area contributed by atoms with E-state index < -0.39 is 0 Å². The van der Waals surface area contributed by atoms with Gasteiger partial charge in [0.05, 0.1) is 21.3 Å². The number of hydrogen-bond donors (Lipinski definition) is 1. The van der Waals surface area contributed by atoms with Crippen molar-refractivity contribution in [2.45, 2.75) is 18.3 Å². The van der Waals surface area contributed by atoms with Gasteiger partial charge < -0.3 is 24.3 Å². The van der Waals surface area contributed by atoms with Crippen molar-refractivity contribution in [2.24, 2.45) is 0 Å². The Morgan fingerprint density at radius 1 is 1.00 bits per heavy atom. The molecule has 1 amide bonds. The molecule has 0 atom stereocenters. The molecule has 6 heteroatoms. The average molecular weight is 385 g/mol. The molecule has 1 N–H and O–H groups in total. The van der Waals surface area contributed by atoms with E-state index in [0.717, 1.165) is 12.8 Å². The quantitative estimate of drug-likeness (QED) is 0.793. The Hall–Kier alpha value is -2.73. The van der Waals surface area contributed by atoms with Gasteiger partial charge in [0.2, 0.25) is 5.75 Å². The summed E-state index contributed by atoms with van der Waals surface area (Å²) in [7, 11) is 4.60. The van der Waals surface area contributed by atoms with Crippen LogP contribution in [0.2, 0.25) is 0 Å². The highest BCUT2D eigenvalue weighted by molar-refractivity contribution is 5.95. The summed E-state index contributed by atoms with van der Waals surface area (Å²) in [6.07, 6.45) is 1.74. The summed E-state index contributed by atoms with van der Waals surface area (Å²) in [5.41, 5.74) is 1.56. The second-order valence-electron chi connectivity index (χ2n) is 6.86. The summed E-state index contributed by atoms with van der Waals surface area (Å²) in [6, 6.07) is 13.6. The first-order valence-corrected chi connectivity index (χ1v) is 9.35. The molecular formula is C22H27NO5. The van der Waals surface area contributed by atoms with Crippen LogP contribution in [-0.4, -0.2) is 47.0 Å². The lowest BCUT2D eigenvalue weighted by atomic mass is 9.74. The number of methoxy groups -OCH3 is 3. The van der Waals surface area contributed by atoms with E-state index in [1.807, 2.05) is 18.2 Å². The molecule has 2 aromatic rings. The van der Waals surface area contributed by atoms with Crippen molar-refractivity contribution < 1.29 is 23.7 Å². The van der Waals surface area contributed by atoms with Crippen LogP contribution in [0.25, 0.3) is 0 Å². The first-order valence-electron chi connectivity index (χ1n) is 9.35. The number of amides is 1. The van der Waals surface area contributed by atoms with Crippen molar-refractivity contribution in [2.75, 3.05) is 41.1 Å². The minimum atomic E-state index is -0.180. The third-order valence-corrected chi connectivity index (χ3v) is 5.35. The minimum absolute atomic E-state index is 0.129. The molecule has 28 heavy (non-hydrogen) atoms. The number of carbonyl (C=O) groups excluding carboxylic acids is 1. The topological polar surface area (TPSA) is 66.0 Å². The van der Waals surface area contributed by atoms with Gasteiger partial charge in [0, 0.05) is 30.7 Å². The zero-order chi connectivity index (χ0) is 20.0. The third kappa shape index (κ3) is 4.07. The number of benzene rings is 2. The number of rotatable bonds is 7. The van der Waals surface area contributed by atoms with E-state index in [0.29, 0.717) is 42.6 Å². The Bertz CT molecular complexity index is 775. The molecule has 1 saturated heterocycles. The molecule has 0 unspecified atom stereocenters. The van der Waals surface area contributed by atoms with Crippen LogP contribution < -0.4 is 19.5 Å². The molecule has 6 nitrogen and oxygen atoms in total. The molecule has 0 radical (unpaired) electrons. The highest BCUT2D eigenvalue weighted by Crippen LogP contribution is 2.38. The summed E-state index contributed by atoms with van der Waals surface area (Å²) >= 11 is 0. The zero-order valence-electron chi connectivity index (χ0n) is 16.6. The fourth-order valence-corrected chi connectivity index (χ4v) is 3.69. The Morgan fingerprint density at radius 3 is 2.14 bits per heavy atom. The van der Waals surface area contributed by atoms with E-state index in [1.54, 1.807) is 12.1 Å². The minimum Gasteiger partial charge on any atom is -0.493 e. The van der Waals surface area contributed by atoms with Crippen molar-refractivity contribution in [1.82, 2.24) is 5.32 Å². The van der Waals surface area contributed by atoms with Crippen LogP contribution in [0, 0.1) is 0 Å².